The minimum Gasteiger partial charge on any atom is -0.370 e. The molecule has 8 nitrogen and oxygen atoms in total. The molecule has 0 radical (unpaired) electrons. The van der Waals surface area contributed by atoms with Gasteiger partial charge in [0.05, 0.1) is 16.0 Å². The van der Waals surface area contributed by atoms with Crippen LogP contribution in [0.4, 0.5) is 5.13 Å². The molecule has 26 heavy (non-hydrogen) atoms. The Morgan fingerprint density at radius 3 is 2.92 bits per heavy atom. The molecule has 1 aromatic carbocycles. The molecular weight excluding hydrogens is 372 g/mol. The van der Waals surface area contributed by atoms with E-state index in [1.54, 1.807) is 11.6 Å². The van der Waals surface area contributed by atoms with Gasteiger partial charge in [-0.1, -0.05) is 29.2 Å². The summed E-state index contributed by atoms with van der Waals surface area (Å²) in [7, 11) is 1.80. The lowest BCUT2D eigenvalue weighted by molar-refractivity contribution is -0.118. The summed E-state index contributed by atoms with van der Waals surface area (Å²) < 4.78 is 2.81. The molecule has 2 aromatic heterocycles. The first-order valence-electron chi connectivity index (χ1n) is 7.89. The fourth-order valence-corrected chi connectivity index (χ4v) is 4.00. The molecule has 2 amide bonds. The Hall–Kier alpha value is -2.46. The summed E-state index contributed by atoms with van der Waals surface area (Å²) >= 11 is 2.73. The van der Waals surface area contributed by atoms with Gasteiger partial charge in [0.2, 0.25) is 11.8 Å². The van der Waals surface area contributed by atoms with Gasteiger partial charge in [0.1, 0.15) is 5.82 Å². The summed E-state index contributed by atoms with van der Waals surface area (Å²) in [4.78, 5) is 27.5. The summed E-state index contributed by atoms with van der Waals surface area (Å²) in [5.41, 5.74) is 7.17. The van der Waals surface area contributed by atoms with Crippen molar-refractivity contribution in [3.05, 3.63) is 29.6 Å². The SMILES string of the molecule is Cc1ccc2nc(NC(=O)CSc3nnc(CCC(N)=O)n3C)sc2c1. The van der Waals surface area contributed by atoms with Gasteiger partial charge in [0.25, 0.3) is 0 Å². The number of anilines is 1. The van der Waals surface area contributed by atoms with E-state index in [0.29, 0.717) is 22.5 Å². The number of primary amides is 1. The molecule has 0 saturated carbocycles. The summed E-state index contributed by atoms with van der Waals surface area (Å²) in [6, 6.07) is 5.98. The molecule has 0 bridgehead atoms. The van der Waals surface area contributed by atoms with Gasteiger partial charge >= 0.3 is 0 Å². The number of thioether (sulfide) groups is 1. The molecule has 0 saturated heterocycles. The topological polar surface area (TPSA) is 116 Å². The minimum absolute atomic E-state index is 0.160. The number of nitrogens with zero attached hydrogens (tertiary/aromatic N) is 4. The molecule has 0 atom stereocenters. The third-order valence-corrected chi connectivity index (χ3v) is 5.60. The predicted molar refractivity (Wildman–Crippen MR) is 102 cm³/mol. The van der Waals surface area contributed by atoms with Crippen LogP contribution in [0.5, 0.6) is 0 Å². The van der Waals surface area contributed by atoms with Crippen LogP contribution in [0, 0.1) is 6.92 Å². The molecule has 0 aliphatic rings. The highest BCUT2D eigenvalue weighted by Crippen LogP contribution is 2.27. The molecule has 0 spiro atoms. The number of thiazole rings is 1. The van der Waals surface area contributed by atoms with Crippen LogP contribution in [-0.2, 0) is 23.1 Å². The number of hydrogen-bond acceptors (Lipinski definition) is 7. The molecule has 0 aliphatic carbocycles. The number of benzene rings is 1. The highest BCUT2D eigenvalue weighted by atomic mass is 32.2. The quantitative estimate of drug-likeness (QED) is 0.595. The van der Waals surface area contributed by atoms with Crippen molar-refractivity contribution in [1.29, 1.82) is 0 Å². The van der Waals surface area contributed by atoms with E-state index in [0.717, 1.165) is 15.8 Å². The second kappa shape index (κ2) is 7.83. The Labute approximate surface area is 158 Å². The van der Waals surface area contributed by atoms with Crippen LogP contribution in [0.1, 0.15) is 17.8 Å². The highest BCUT2D eigenvalue weighted by molar-refractivity contribution is 7.99. The monoisotopic (exact) mass is 390 g/mol. The lowest BCUT2D eigenvalue weighted by Gasteiger charge is -2.03. The average Bonchev–Trinajstić information content (AvgIpc) is 3.13. The smallest absolute Gasteiger partial charge is 0.236 e. The first-order valence-corrected chi connectivity index (χ1v) is 9.69. The Kier molecular flexibility index (Phi) is 5.52. The third kappa shape index (κ3) is 4.38. The van der Waals surface area contributed by atoms with Crippen LogP contribution < -0.4 is 11.1 Å². The Balaban J connectivity index is 1.57. The van der Waals surface area contributed by atoms with E-state index in [9.17, 15) is 9.59 Å². The molecule has 3 N–H and O–H groups in total. The molecule has 10 heteroatoms. The van der Waals surface area contributed by atoms with Gasteiger partial charge in [0, 0.05) is 19.9 Å². The van der Waals surface area contributed by atoms with E-state index in [-0.39, 0.29) is 24.0 Å². The Morgan fingerprint density at radius 1 is 1.35 bits per heavy atom. The van der Waals surface area contributed by atoms with Gasteiger partial charge in [-0.2, -0.15) is 0 Å². The molecule has 2 heterocycles. The largest absolute Gasteiger partial charge is 0.370 e. The van der Waals surface area contributed by atoms with Gasteiger partial charge < -0.3 is 15.6 Å². The van der Waals surface area contributed by atoms with Crippen molar-refractivity contribution in [2.24, 2.45) is 12.8 Å². The van der Waals surface area contributed by atoms with Crippen LogP contribution in [0.15, 0.2) is 23.4 Å². The minimum atomic E-state index is -0.382. The fraction of sp³-hybridized carbons (Fsp3) is 0.312. The van der Waals surface area contributed by atoms with Crippen LogP contribution in [0.25, 0.3) is 10.2 Å². The van der Waals surface area contributed by atoms with E-state index in [2.05, 4.69) is 20.5 Å². The van der Waals surface area contributed by atoms with Crippen molar-refractivity contribution in [2.45, 2.75) is 24.9 Å². The molecule has 0 aliphatic heterocycles. The molecule has 3 aromatic rings. The second-order valence-corrected chi connectivity index (χ2v) is 7.72. The van der Waals surface area contributed by atoms with E-state index < -0.39 is 0 Å². The first kappa shape index (κ1) is 18.3. The lowest BCUT2D eigenvalue weighted by Crippen LogP contribution is -2.14. The van der Waals surface area contributed by atoms with Crippen molar-refractivity contribution >= 4 is 50.3 Å². The van der Waals surface area contributed by atoms with Gasteiger partial charge in [0.15, 0.2) is 10.3 Å². The number of rotatable bonds is 7. The zero-order valence-electron chi connectivity index (χ0n) is 14.4. The van der Waals surface area contributed by atoms with Crippen LogP contribution >= 0.6 is 23.1 Å². The van der Waals surface area contributed by atoms with E-state index in [1.807, 2.05) is 25.1 Å². The van der Waals surface area contributed by atoms with Crippen molar-refractivity contribution in [2.75, 3.05) is 11.1 Å². The van der Waals surface area contributed by atoms with E-state index in [1.165, 1.54) is 23.1 Å². The molecule has 0 unspecified atom stereocenters. The maximum atomic E-state index is 12.2. The number of aromatic nitrogens is 4. The van der Waals surface area contributed by atoms with Crippen LogP contribution in [-0.4, -0.2) is 37.3 Å². The van der Waals surface area contributed by atoms with Crippen LogP contribution in [0.2, 0.25) is 0 Å². The maximum Gasteiger partial charge on any atom is 0.236 e. The molecule has 136 valence electrons. The fourth-order valence-electron chi connectivity index (χ4n) is 2.29. The molecular formula is C16H18N6O2S2. The van der Waals surface area contributed by atoms with Gasteiger partial charge in [-0.15, -0.1) is 10.2 Å². The van der Waals surface area contributed by atoms with E-state index in [4.69, 9.17) is 5.73 Å². The van der Waals surface area contributed by atoms with Gasteiger partial charge in [-0.05, 0) is 24.6 Å². The van der Waals surface area contributed by atoms with Crippen LogP contribution in [0.3, 0.4) is 0 Å². The number of carbonyl (C=O) groups is 2. The second-order valence-electron chi connectivity index (χ2n) is 5.75. The summed E-state index contributed by atoms with van der Waals surface area (Å²) in [5.74, 6) is 0.310. The zero-order chi connectivity index (χ0) is 18.7. The van der Waals surface area contributed by atoms with E-state index >= 15 is 0 Å². The zero-order valence-corrected chi connectivity index (χ0v) is 16.0. The van der Waals surface area contributed by atoms with Crippen molar-refractivity contribution < 1.29 is 9.59 Å². The van der Waals surface area contributed by atoms with Crippen molar-refractivity contribution in [3.8, 4) is 0 Å². The summed E-state index contributed by atoms with van der Waals surface area (Å²) in [5, 5.41) is 12.1. The third-order valence-electron chi connectivity index (χ3n) is 3.64. The van der Waals surface area contributed by atoms with Crippen molar-refractivity contribution in [1.82, 2.24) is 19.7 Å². The number of nitrogens with one attached hydrogen (secondary N) is 1. The summed E-state index contributed by atoms with van der Waals surface area (Å²) in [6.45, 7) is 2.02. The summed E-state index contributed by atoms with van der Waals surface area (Å²) in [6.07, 6.45) is 0.644. The van der Waals surface area contributed by atoms with Crippen molar-refractivity contribution in [3.63, 3.8) is 0 Å². The first-order chi connectivity index (χ1) is 12.4. The number of aryl methyl sites for hydroxylation is 2. The number of amides is 2. The maximum absolute atomic E-state index is 12.2. The van der Waals surface area contributed by atoms with Gasteiger partial charge in [-0.25, -0.2) is 4.98 Å². The normalized spacial score (nSPS) is 11.0. The average molecular weight is 390 g/mol. The lowest BCUT2D eigenvalue weighted by atomic mass is 10.2. The highest BCUT2D eigenvalue weighted by Gasteiger charge is 2.13. The Bertz CT molecular complexity index is 965. The number of hydrogen-bond donors (Lipinski definition) is 2. The molecule has 3 rings (SSSR count). The number of carbonyl (C=O) groups excluding carboxylic acids is 2. The Morgan fingerprint density at radius 2 is 2.15 bits per heavy atom. The predicted octanol–water partition coefficient (Wildman–Crippen LogP) is 1.88. The number of fused-ring (bicyclic) bond motifs is 1. The molecule has 0 fully saturated rings. The number of nitrogens with two attached hydrogens (primary N) is 1. The van der Waals surface area contributed by atoms with Gasteiger partial charge in [-0.3, -0.25) is 9.59 Å². The standard InChI is InChI=1S/C16H18N6O2S2/c1-9-3-4-10-11(7-9)26-15(18-10)19-14(24)8-25-16-21-20-13(22(16)2)6-5-12(17)23/h3-4,7H,5-6,8H2,1-2H3,(H2,17,23)(H,18,19,24).